The van der Waals surface area contributed by atoms with Crippen molar-refractivity contribution in [3.8, 4) is 0 Å². The third-order valence-electron chi connectivity index (χ3n) is 3.58. The minimum Gasteiger partial charge on any atom is -0.346 e. The monoisotopic (exact) mass is 406 g/mol. The fourth-order valence-electron chi connectivity index (χ4n) is 2.35. The van der Waals surface area contributed by atoms with E-state index in [0.29, 0.717) is 10.9 Å². The Labute approximate surface area is 162 Å². The molecule has 1 aromatic carbocycles. The molecule has 3 rings (SSSR count). The molecule has 8 nitrogen and oxygen atoms in total. The molecular formula is C17H16F2N6O2S. The van der Waals surface area contributed by atoms with Gasteiger partial charge in [0.1, 0.15) is 0 Å². The molecular weight excluding hydrogens is 390 g/mol. The van der Waals surface area contributed by atoms with Gasteiger partial charge in [0.05, 0.1) is 12.3 Å². The van der Waals surface area contributed by atoms with Crippen molar-refractivity contribution >= 4 is 35.0 Å². The molecule has 0 aliphatic heterocycles. The van der Waals surface area contributed by atoms with Gasteiger partial charge in [0.2, 0.25) is 17.0 Å². The molecule has 0 saturated carbocycles. The van der Waals surface area contributed by atoms with Gasteiger partial charge in [-0.2, -0.15) is 4.98 Å². The Bertz CT molecular complexity index is 1060. The molecule has 146 valence electrons. The zero-order valence-electron chi connectivity index (χ0n) is 15.0. The number of aromatic nitrogens is 4. The number of aryl methyl sites for hydroxylation is 2. The number of carbonyl (C=O) groups is 2. The third-order valence-corrected chi connectivity index (χ3v) is 4.42. The molecule has 0 fully saturated rings. The Hall–Kier alpha value is -3.08. The first kappa shape index (κ1) is 19.7. The standard InChI is InChI=1S/C17H16F2N6O2S/c1-9-5-10(2)25-16(21-9)23-17(24-25)28-8-15(27)20-7-14(26)22-11-3-4-12(18)13(19)6-11/h3-6H,7-8H2,1-2H3,(H,20,27)(H,22,26). The summed E-state index contributed by atoms with van der Waals surface area (Å²) in [5.74, 6) is -2.59. The van der Waals surface area contributed by atoms with Crippen LogP contribution in [0.4, 0.5) is 14.5 Å². The molecule has 0 aliphatic carbocycles. The SMILES string of the molecule is Cc1cc(C)n2nc(SCC(=O)NCC(=O)Nc3ccc(F)c(F)c3)nc2n1. The van der Waals surface area contributed by atoms with Gasteiger partial charge >= 0.3 is 0 Å². The highest BCUT2D eigenvalue weighted by Crippen LogP contribution is 2.15. The Morgan fingerprint density at radius 3 is 2.64 bits per heavy atom. The summed E-state index contributed by atoms with van der Waals surface area (Å²) in [5.41, 5.74) is 1.79. The van der Waals surface area contributed by atoms with E-state index in [2.05, 4.69) is 25.7 Å². The lowest BCUT2D eigenvalue weighted by molar-refractivity contribution is -0.122. The number of amides is 2. The number of hydrogen-bond donors (Lipinski definition) is 2. The molecule has 0 unspecified atom stereocenters. The van der Waals surface area contributed by atoms with Gasteiger partial charge in [0.15, 0.2) is 11.6 Å². The minimum atomic E-state index is -1.07. The van der Waals surface area contributed by atoms with Gasteiger partial charge < -0.3 is 10.6 Å². The molecule has 0 bridgehead atoms. The van der Waals surface area contributed by atoms with Crippen LogP contribution in [0.1, 0.15) is 11.4 Å². The van der Waals surface area contributed by atoms with Crippen molar-refractivity contribution in [3.05, 3.63) is 47.3 Å². The minimum absolute atomic E-state index is 0.00731. The number of rotatable bonds is 6. The first-order valence-corrected chi connectivity index (χ1v) is 9.16. The number of thioether (sulfide) groups is 1. The summed E-state index contributed by atoms with van der Waals surface area (Å²) in [6, 6.07) is 4.85. The molecule has 28 heavy (non-hydrogen) atoms. The van der Waals surface area contributed by atoms with Gasteiger partial charge in [-0.05, 0) is 32.0 Å². The Morgan fingerprint density at radius 2 is 1.89 bits per heavy atom. The normalized spacial score (nSPS) is 10.9. The number of carbonyl (C=O) groups excluding carboxylic acids is 2. The van der Waals surface area contributed by atoms with E-state index in [-0.39, 0.29) is 18.0 Å². The smallest absolute Gasteiger partial charge is 0.253 e. The quantitative estimate of drug-likeness (QED) is 0.606. The maximum Gasteiger partial charge on any atom is 0.253 e. The van der Waals surface area contributed by atoms with Crippen LogP contribution in [0.2, 0.25) is 0 Å². The fraction of sp³-hybridized carbons (Fsp3) is 0.235. The average molecular weight is 406 g/mol. The Morgan fingerprint density at radius 1 is 1.11 bits per heavy atom. The fourth-order valence-corrected chi connectivity index (χ4v) is 3.00. The van der Waals surface area contributed by atoms with Crippen LogP contribution in [0.5, 0.6) is 0 Å². The second kappa shape index (κ2) is 8.30. The summed E-state index contributed by atoms with van der Waals surface area (Å²) in [7, 11) is 0. The predicted octanol–water partition coefficient (Wildman–Crippen LogP) is 1.87. The second-order valence-electron chi connectivity index (χ2n) is 5.89. The molecule has 2 aromatic heterocycles. The lowest BCUT2D eigenvalue weighted by Gasteiger charge is -2.07. The van der Waals surface area contributed by atoms with Crippen LogP contribution >= 0.6 is 11.8 Å². The van der Waals surface area contributed by atoms with Crippen LogP contribution in [-0.4, -0.2) is 43.7 Å². The van der Waals surface area contributed by atoms with Gasteiger partial charge in [0.25, 0.3) is 5.78 Å². The average Bonchev–Trinajstić information content (AvgIpc) is 3.04. The van der Waals surface area contributed by atoms with Crippen LogP contribution in [0.15, 0.2) is 29.4 Å². The van der Waals surface area contributed by atoms with Crippen LogP contribution in [0, 0.1) is 25.5 Å². The van der Waals surface area contributed by atoms with E-state index in [9.17, 15) is 18.4 Å². The lowest BCUT2D eigenvalue weighted by atomic mass is 10.3. The van der Waals surface area contributed by atoms with Crippen molar-refractivity contribution in [2.24, 2.45) is 0 Å². The van der Waals surface area contributed by atoms with E-state index in [1.54, 1.807) is 4.52 Å². The maximum atomic E-state index is 13.1. The van der Waals surface area contributed by atoms with E-state index in [0.717, 1.165) is 35.3 Å². The number of nitrogens with one attached hydrogen (secondary N) is 2. The van der Waals surface area contributed by atoms with Crippen molar-refractivity contribution in [1.82, 2.24) is 24.9 Å². The molecule has 0 spiro atoms. The number of benzene rings is 1. The summed E-state index contributed by atoms with van der Waals surface area (Å²) >= 11 is 1.11. The first-order chi connectivity index (χ1) is 13.3. The van der Waals surface area contributed by atoms with E-state index < -0.39 is 23.4 Å². The maximum absolute atomic E-state index is 13.1. The van der Waals surface area contributed by atoms with Crippen molar-refractivity contribution < 1.29 is 18.4 Å². The Balaban J connectivity index is 1.48. The highest BCUT2D eigenvalue weighted by molar-refractivity contribution is 7.99. The Kier molecular flexibility index (Phi) is 5.83. The van der Waals surface area contributed by atoms with Crippen LogP contribution in [-0.2, 0) is 9.59 Å². The summed E-state index contributed by atoms with van der Waals surface area (Å²) < 4.78 is 27.6. The highest BCUT2D eigenvalue weighted by atomic mass is 32.2. The molecule has 11 heteroatoms. The van der Waals surface area contributed by atoms with Gasteiger partial charge in [-0.1, -0.05) is 11.8 Å². The number of fused-ring (bicyclic) bond motifs is 1. The van der Waals surface area contributed by atoms with Gasteiger partial charge in [-0.15, -0.1) is 5.10 Å². The molecule has 3 aromatic rings. The third kappa shape index (κ3) is 4.80. The number of nitrogens with zero attached hydrogens (tertiary/aromatic N) is 4. The highest BCUT2D eigenvalue weighted by Gasteiger charge is 2.12. The molecule has 2 heterocycles. The summed E-state index contributed by atoms with van der Waals surface area (Å²) in [6.07, 6.45) is 0. The first-order valence-electron chi connectivity index (χ1n) is 8.17. The molecule has 2 N–H and O–H groups in total. The van der Waals surface area contributed by atoms with E-state index >= 15 is 0 Å². The van der Waals surface area contributed by atoms with Gasteiger partial charge in [0, 0.05) is 23.1 Å². The van der Waals surface area contributed by atoms with Crippen LogP contribution < -0.4 is 10.6 Å². The summed E-state index contributed by atoms with van der Waals surface area (Å²) in [5, 5.41) is 9.46. The molecule has 0 aliphatic rings. The predicted molar refractivity (Wildman–Crippen MR) is 99.0 cm³/mol. The van der Waals surface area contributed by atoms with Crippen molar-refractivity contribution in [1.29, 1.82) is 0 Å². The number of halogens is 2. The summed E-state index contributed by atoms with van der Waals surface area (Å²) in [4.78, 5) is 32.2. The van der Waals surface area contributed by atoms with Crippen molar-refractivity contribution in [2.45, 2.75) is 19.0 Å². The molecule has 0 radical (unpaired) electrons. The van der Waals surface area contributed by atoms with E-state index in [4.69, 9.17) is 0 Å². The number of hydrogen-bond acceptors (Lipinski definition) is 6. The van der Waals surface area contributed by atoms with Crippen LogP contribution in [0.25, 0.3) is 5.78 Å². The molecule has 0 atom stereocenters. The largest absolute Gasteiger partial charge is 0.346 e. The zero-order valence-corrected chi connectivity index (χ0v) is 15.8. The van der Waals surface area contributed by atoms with Crippen molar-refractivity contribution in [3.63, 3.8) is 0 Å². The van der Waals surface area contributed by atoms with E-state index in [1.165, 1.54) is 6.07 Å². The molecule has 2 amide bonds. The lowest BCUT2D eigenvalue weighted by Crippen LogP contribution is -2.33. The van der Waals surface area contributed by atoms with Crippen molar-refractivity contribution in [2.75, 3.05) is 17.6 Å². The summed E-state index contributed by atoms with van der Waals surface area (Å²) in [6.45, 7) is 3.42. The topological polar surface area (TPSA) is 101 Å². The number of anilines is 1. The molecule has 0 saturated heterocycles. The second-order valence-corrected chi connectivity index (χ2v) is 6.83. The van der Waals surface area contributed by atoms with Gasteiger partial charge in [-0.25, -0.2) is 18.3 Å². The van der Waals surface area contributed by atoms with Crippen LogP contribution in [0.3, 0.4) is 0 Å². The van der Waals surface area contributed by atoms with E-state index in [1.807, 2.05) is 19.9 Å². The zero-order chi connectivity index (χ0) is 20.3. The van der Waals surface area contributed by atoms with Gasteiger partial charge in [-0.3, -0.25) is 9.59 Å².